The molecule has 0 fully saturated rings. The Bertz CT molecular complexity index is 2400. The molecule has 0 bridgehead atoms. The molecule has 0 radical (unpaired) electrons. The standard InChI is InChI=1S/C39H29F6N3O/c1-22-9-10-33-30(15-22)31-20-32(39(43,44)45)29(21-34(31)48(33)35-19-25(12-14-46-35)37(2,3)4)24-16-26(38(40,41)42)18-27(17-24)49-36-28-8-6-5-7-23(28)11-13-47-36/h5-21H,1-4H3. The van der Waals surface area contributed by atoms with Crippen LogP contribution in [0.5, 0.6) is 11.6 Å². The highest BCUT2D eigenvalue weighted by Gasteiger charge is 2.37. The van der Waals surface area contributed by atoms with E-state index in [1.807, 2.05) is 52.0 Å². The number of halogens is 6. The lowest BCUT2D eigenvalue weighted by Gasteiger charge is -2.20. The van der Waals surface area contributed by atoms with Crippen molar-refractivity contribution in [2.75, 3.05) is 0 Å². The predicted molar refractivity (Wildman–Crippen MR) is 179 cm³/mol. The van der Waals surface area contributed by atoms with E-state index in [1.165, 1.54) is 18.3 Å². The normalized spacial score (nSPS) is 12.7. The van der Waals surface area contributed by atoms with Crippen LogP contribution in [-0.4, -0.2) is 14.5 Å². The summed E-state index contributed by atoms with van der Waals surface area (Å²) in [6.45, 7) is 7.96. The largest absolute Gasteiger partial charge is 0.438 e. The van der Waals surface area contributed by atoms with Crippen LogP contribution in [0.15, 0.2) is 103 Å². The van der Waals surface area contributed by atoms with Crippen LogP contribution in [0.25, 0.3) is 49.5 Å². The van der Waals surface area contributed by atoms with E-state index in [0.717, 1.165) is 34.7 Å². The van der Waals surface area contributed by atoms with Gasteiger partial charge < -0.3 is 4.74 Å². The summed E-state index contributed by atoms with van der Waals surface area (Å²) in [6.07, 6.45) is -6.69. The van der Waals surface area contributed by atoms with Crippen molar-refractivity contribution in [3.8, 4) is 28.6 Å². The van der Waals surface area contributed by atoms with Gasteiger partial charge in [-0.3, -0.25) is 4.57 Å². The maximum Gasteiger partial charge on any atom is 0.417 e. The Labute approximate surface area is 277 Å². The van der Waals surface area contributed by atoms with Crippen LogP contribution in [0.1, 0.15) is 43.0 Å². The SMILES string of the molecule is Cc1ccc2c(c1)c1cc(C(F)(F)F)c(-c3cc(Oc4nccc5ccccc45)cc(C(F)(F)F)c3)cc1n2-c1cc(C(C)(C)C)ccn1. The molecule has 4 nitrogen and oxygen atoms in total. The summed E-state index contributed by atoms with van der Waals surface area (Å²) in [7, 11) is 0. The lowest BCUT2D eigenvalue weighted by atomic mass is 9.88. The third-order valence-corrected chi connectivity index (χ3v) is 8.60. The van der Waals surface area contributed by atoms with Gasteiger partial charge in [-0.25, -0.2) is 9.97 Å². The monoisotopic (exact) mass is 669 g/mol. The Balaban J connectivity index is 1.52. The van der Waals surface area contributed by atoms with E-state index in [1.54, 1.807) is 47.2 Å². The van der Waals surface area contributed by atoms with Gasteiger partial charge in [0.25, 0.3) is 0 Å². The third-order valence-electron chi connectivity index (χ3n) is 8.60. The van der Waals surface area contributed by atoms with Gasteiger partial charge in [-0.1, -0.05) is 50.6 Å². The van der Waals surface area contributed by atoms with E-state index in [4.69, 9.17) is 4.74 Å². The first kappa shape index (κ1) is 32.2. The molecule has 7 aromatic rings. The highest BCUT2D eigenvalue weighted by atomic mass is 19.4. The van der Waals surface area contributed by atoms with Gasteiger partial charge in [-0.05, 0) is 101 Å². The molecule has 49 heavy (non-hydrogen) atoms. The predicted octanol–water partition coefficient (Wildman–Crippen LogP) is 11.8. The number of pyridine rings is 2. The molecule has 0 aliphatic rings. The highest BCUT2D eigenvalue weighted by Crippen LogP contribution is 2.45. The van der Waals surface area contributed by atoms with Crippen molar-refractivity contribution in [1.82, 2.24) is 14.5 Å². The minimum atomic E-state index is -4.90. The highest BCUT2D eigenvalue weighted by molar-refractivity contribution is 6.11. The number of nitrogens with zero attached hydrogens (tertiary/aromatic N) is 3. The average molecular weight is 670 g/mol. The number of rotatable bonds is 4. The summed E-state index contributed by atoms with van der Waals surface area (Å²) in [4.78, 5) is 8.79. The number of benzene rings is 4. The zero-order valence-electron chi connectivity index (χ0n) is 26.8. The van der Waals surface area contributed by atoms with Crippen LogP contribution in [0.4, 0.5) is 26.3 Å². The molecule has 248 valence electrons. The number of aryl methyl sites for hydroxylation is 1. The molecule has 0 atom stereocenters. The molecule has 0 aliphatic carbocycles. The summed E-state index contributed by atoms with van der Waals surface area (Å²) in [5.74, 6) is 0.185. The van der Waals surface area contributed by atoms with E-state index in [0.29, 0.717) is 33.0 Å². The molecule has 3 heterocycles. The van der Waals surface area contributed by atoms with Crippen molar-refractivity contribution in [3.63, 3.8) is 0 Å². The number of aromatic nitrogens is 3. The summed E-state index contributed by atoms with van der Waals surface area (Å²) in [5, 5.41) is 2.12. The number of hydrogen-bond acceptors (Lipinski definition) is 3. The Morgan fingerprint density at radius 3 is 2.10 bits per heavy atom. The van der Waals surface area contributed by atoms with E-state index < -0.39 is 29.0 Å². The van der Waals surface area contributed by atoms with E-state index in [2.05, 4.69) is 9.97 Å². The van der Waals surface area contributed by atoms with Crippen molar-refractivity contribution in [1.29, 1.82) is 0 Å². The number of ether oxygens (including phenoxy) is 1. The molecule has 0 saturated carbocycles. The summed E-state index contributed by atoms with van der Waals surface area (Å²) in [6, 6.07) is 22.9. The number of fused-ring (bicyclic) bond motifs is 4. The maximum atomic E-state index is 14.9. The molecule has 3 aromatic heterocycles. The zero-order valence-corrected chi connectivity index (χ0v) is 26.8. The first-order valence-electron chi connectivity index (χ1n) is 15.5. The molecular formula is C39H29F6N3O. The fourth-order valence-electron chi connectivity index (χ4n) is 6.17. The molecule has 0 N–H and O–H groups in total. The second-order valence-electron chi connectivity index (χ2n) is 13.1. The van der Waals surface area contributed by atoms with Crippen LogP contribution in [-0.2, 0) is 17.8 Å². The van der Waals surface area contributed by atoms with Gasteiger partial charge in [0.1, 0.15) is 11.6 Å². The summed E-state index contributed by atoms with van der Waals surface area (Å²) < 4.78 is 95.4. The molecule has 10 heteroatoms. The lowest BCUT2D eigenvalue weighted by Crippen LogP contribution is -2.12. The Kier molecular flexibility index (Phi) is 7.46. The molecule has 4 aromatic carbocycles. The quantitative estimate of drug-likeness (QED) is 0.175. The van der Waals surface area contributed by atoms with Gasteiger partial charge in [-0.2, -0.15) is 26.3 Å². The summed E-state index contributed by atoms with van der Waals surface area (Å²) >= 11 is 0. The first-order valence-corrected chi connectivity index (χ1v) is 15.5. The molecular weight excluding hydrogens is 640 g/mol. The van der Waals surface area contributed by atoms with Gasteiger partial charge in [0.15, 0.2) is 0 Å². The Morgan fingerprint density at radius 2 is 1.37 bits per heavy atom. The second-order valence-corrected chi connectivity index (χ2v) is 13.1. The van der Waals surface area contributed by atoms with E-state index in [-0.39, 0.29) is 22.6 Å². The molecule has 0 amide bonds. The van der Waals surface area contributed by atoms with Gasteiger partial charge in [0, 0.05) is 28.6 Å². The Hall–Kier alpha value is -5.38. The minimum absolute atomic E-state index is 0.0233. The first-order chi connectivity index (χ1) is 23.1. The minimum Gasteiger partial charge on any atom is -0.438 e. The molecule has 0 unspecified atom stereocenters. The van der Waals surface area contributed by atoms with E-state index >= 15 is 0 Å². The molecule has 0 aliphatic heterocycles. The number of hydrogen-bond donors (Lipinski definition) is 0. The summed E-state index contributed by atoms with van der Waals surface area (Å²) in [5.41, 5.74) is -0.490. The van der Waals surface area contributed by atoms with Gasteiger partial charge >= 0.3 is 12.4 Å². The fraction of sp³-hybridized carbons (Fsp3) is 0.179. The van der Waals surface area contributed by atoms with Gasteiger partial charge in [-0.15, -0.1) is 0 Å². The Morgan fingerprint density at radius 1 is 0.633 bits per heavy atom. The number of alkyl halides is 6. The second kappa shape index (κ2) is 11.4. The fourth-order valence-corrected chi connectivity index (χ4v) is 6.17. The maximum absolute atomic E-state index is 14.9. The van der Waals surface area contributed by atoms with Crippen molar-refractivity contribution in [3.05, 3.63) is 126 Å². The van der Waals surface area contributed by atoms with Crippen molar-refractivity contribution in [2.45, 2.75) is 45.5 Å². The average Bonchev–Trinajstić information content (AvgIpc) is 3.35. The van der Waals surface area contributed by atoms with E-state index in [9.17, 15) is 26.3 Å². The van der Waals surface area contributed by atoms with Crippen molar-refractivity contribution < 1.29 is 31.1 Å². The smallest absolute Gasteiger partial charge is 0.417 e. The third kappa shape index (κ3) is 5.96. The van der Waals surface area contributed by atoms with Crippen LogP contribution < -0.4 is 4.74 Å². The molecule has 7 rings (SSSR count). The zero-order chi connectivity index (χ0) is 34.9. The van der Waals surface area contributed by atoms with Gasteiger partial charge in [0.2, 0.25) is 5.88 Å². The lowest BCUT2D eigenvalue weighted by molar-refractivity contribution is -0.137. The van der Waals surface area contributed by atoms with Gasteiger partial charge in [0.05, 0.1) is 22.2 Å². The van der Waals surface area contributed by atoms with Crippen LogP contribution in [0, 0.1) is 6.92 Å². The van der Waals surface area contributed by atoms with Crippen LogP contribution in [0.3, 0.4) is 0 Å². The topological polar surface area (TPSA) is 39.9 Å². The van der Waals surface area contributed by atoms with Crippen LogP contribution in [0.2, 0.25) is 0 Å². The van der Waals surface area contributed by atoms with Crippen LogP contribution >= 0.6 is 0 Å². The molecule has 0 spiro atoms. The van der Waals surface area contributed by atoms with Crippen molar-refractivity contribution >= 4 is 32.6 Å². The van der Waals surface area contributed by atoms with Crippen molar-refractivity contribution in [2.24, 2.45) is 0 Å². The molecule has 0 saturated heterocycles.